The first-order valence-corrected chi connectivity index (χ1v) is 41.8. The molecule has 10 rings (SSSR count). The Morgan fingerprint density at radius 3 is 1.22 bits per heavy atom. The second-order valence-electron chi connectivity index (χ2n) is 33.4. The zero-order valence-corrected chi connectivity index (χ0v) is 70.3. The molecule has 1 aliphatic carbocycles. The highest BCUT2D eigenvalue weighted by atomic mass is 16.9. The van der Waals surface area contributed by atoms with E-state index in [2.05, 4.69) is 21.3 Å². The van der Waals surface area contributed by atoms with E-state index < -0.39 is 414 Å². The van der Waals surface area contributed by atoms with Crippen molar-refractivity contribution in [2.75, 3.05) is 66.1 Å². The zero-order chi connectivity index (χ0) is 95.1. The quantitative estimate of drug-likeness (QED) is 0.0205. The second kappa shape index (κ2) is 46.6. The number of aliphatic hydroxyl groups excluding tert-OH is 27. The van der Waals surface area contributed by atoms with Crippen LogP contribution in [0.2, 0.25) is 0 Å². The van der Waals surface area contributed by atoms with Crippen LogP contribution < -0.4 is 21.3 Å². The van der Waals surface area contributed by atoms with Gasteiger partial charge in [0.15, 0.2) is 44.0 Å². The first-order valence-electron chi connectivity index (χ1n) is 41.8. The average Bonchev–Trinajstić information content (AvgIpc) is 0.748. The Morgan fingerprint density at radius 2 is 0.744 bits per heavy atom. The SMILES string of the molecule is CC(=O)NC1[C@H](O[C@@H]2C(CO)O[C@@H](C)C(NC(C)=O)[C@H]2O)OC(CO)[C@@H](O[C@@H]2OC(CO[C@H]3OC(CO)[C@@H](O)[C@H](O)C3O[C@@H]3C[C@@H](CO)[C@@H](O[C@@H]4OC(CO)[C@H](O)[C@H](O)C4O)C(O)C3NC(C)=O)[C@@H](O)[C@H](O[C@H]3OC(CO)[C@@H](O)C(O)C3O[C@@H]3OC(CO)[C@H](O[C@@H]4OC(CO)[C@H](O)[C@H](O[C@]5(OC=O)C[C@@H](O)[C@@H](C)C(C(O)C(O)CO)O5)C4O)[C@H](O)C3NC(C)=O)C2O)[C@@H]1O. The molecule has 51 atom stereocenters. The number of hydrogen-bond acceptors (Lipinski definition) is 51. The first-order chi connectivity index (χ1) is 61.0. The van der Waals surface area contributed by atoms with Crippen LogP contribution >= 0.6 is 0 Å². The van der Waals surface area contributed by atoms with Crippen LogP contribution in [0.4, 0.5) is 0 Å². The predicted molar refractivity (Wildman–Crippen MR) is 403 cm³/mol. The Balaban J connectivity index is 0.973. The Morgan fingerprint density at radius 1 is 0.372 bits per heavy atom. The van der Waals surface area contributed by atoms with Crippen molar-refractivity contribution in [2.24, 2.45) is 11.8 Å². The van der Waals surface area contributed by atoms with Crippen molar-refractivity contribution in [3.8, 4) is 0 Å². The Kier molecular flexibility index (Phi) is 38.5. The summed E-state index contributed by atoms with van der Waals surface area (Å²) in [4.78, 5) is 63.9. The molecule has 9 heterocycles. The summed E-state index contributed by atoms with van der Waals surface area (Å²) in [5.41, 5.74) is 0. The fraction of sp³-hybridized carbons (Fsp3) is 0.932. The van der Waals surface area contributed by atoms with Gasteiger partial charge in [0.1, 0.15) is 207 Å². The monoisotopic (exact) mass is 1880 g/mol. The van der Waals surface area contributed by atoms with Crippen molar-refractivity contribution in [1.82, 2.24) is 21.3 Å². The summed E-state index contributed by atoms with van der Waals surface area (Å²) in [5, 5.41) is 314. The molecule has 9 aliphatic heterocycles. The van der Waals surface area contributed by atoms with E-state index in [1.165, 1.54) is 13.8 Å². The van der Waals surface area contributed by atoms with Crippen LogP contribution in [-0.4, -0.2) is 534 Å². The average molecular weight is 1890 g/mol. The summed E-state index contributed by atoms with van der Waals surface area (Å²) < 4.78 is 114. The number of carbonyl (C=O) groups is 5. The molecule has 0 radical (unpaired) electrons. The zero-order valence-electron chi connectivity index (χ0n) is 70.3. The Bertz CT molecular complexity index is 3510. The maximum Gasteiger partial charge on any atom is 0.332 e. The topological polar surface area (TPSA) is 855 Å². The lowest BCUT2D eigenvalue weighted by Gasteiger charge is -2.51. The number of ether oxygens (including phenoxy) is 19. The van der Waals surface area contributed by atoms with Gasteiger partial charge in [-0.05, 0) is 13.3 Å². The molecule has 0 bridgehead atoms. The van der Waals surface area contributed by atoms with Crippen molar-refractivity contribution >= 4 is 30.1 Å². The van der Waals surface area contributed by atoms with E-state index in [1.807, 2.05) is 0 Å². The smallest absolute Gasteiger partial charge is 0.332 e. The summed E-state index contributed by atoms with van der Waals surface area (Å²) in [7, 11) is 0. The van der Waals surface area contributed by atoms with Gasteiger partial charge >= 0.3 is 5.97 Å². The largest absolute Gasteiger partial charge is 0.410 e. The summed E-state index contributed by atoms with van der Waals surface area (Å²) in [6.45, 7) is -4.39. The maximum atomic E-state index is 13.3. The molecule has 10 aliphatic rings. The predicted octanol–water partition coefficient (Wildman–Crippen LogP) is -20.0. The van der Waals surface area contributed by atoms with Gasteiger partial charge in [0, 0.05) is 46.1 Å². The molecule has 10 fully saturated rings. The van der Waals surface area contributed by atoms with E-state index in [9.17, 15) is 162 Å². The lowest BCUT2D eigenvalue weighted by molar-refractivity contribution is -0.448. The van der Waals surface area contributed by atoms with Gasteiger partial charge in [0.05, 0.1) is 108 Å². The molecule has 0 aromatic heterocycles. The highest BCUT2D eigenvalue weighted by molar-refractivity contribution is 5.74. The van der Waals surface area contributed by atoms with Crippen LogP contribution in [-0.2, 0) is 114 Å². The van der Waals surface area contributed by atoms with E-state index in [4.69, 9.17) is 90.0 Å². The third-order valence-corrected chi connectivity index (χ3v) is 24.5. The standard InChI is InChI=1S/C74H124N4O51/c1-20-27(93)8-74(112-19-88,128-58(20)42(95)28(94)10-80)129-64-46(99)33(14-84)116-71(57(64)110)125-62-36(17-87)120-68(41(51(62)104)78-25(6)92)127-66-54(107)45(98)32(13-83)118-73(66)126-63-47(100)37(121-70(56(63)109)124-61-35(16-86)119-67(40(50(61)103)77-24(5)91)123-60-34(15-85)113-21(2)38(48(60)101)75-22(3)89)18-111-72-65(53(106)44(97)31(12-82)117-72)114-29-7-26(9-79)59(49(102)39(29)76-23(4)90)122-69-55(108)52(105)43(96)30(11-81)115-69/h19-21,26-73,79-87,93-110H,7-18H2,1-6H3,(H,75,89)(H,76,90)(H,77,91)(H,78,92)/t20-,21+,26+,27-,28?,29-,30?,31?,32?,33?,34?,35?,36?,37?,38?,39?,40?,41?,42?,43+,44-,45-,46+,47-,48-,49?,50-,51-,52+,53+,54?,55?,56?,57?,58?,59-,60-,61-,62+,63+,64+,65?,66?,67+,68+,69+,70+,71+,72+,73-,74+/m1/s1. The van der Waals surface area contributed by atoms with Crippen molar-refractivity contribution in [3.63, 3.8) is 0 Å². The number of hydrogen-bond donors (Lipinski definition) is 31. The normalized spacial score (nSPS) is 48.1. The molecule has 9 saturated heterocycles. The van der Waals surface area contributed by atoms with Gasteiger partial charge < -0.3 is 249 Å². The van der Waals surface area contributed by atoms with Crippen LogP contribution in [0.3, 0.4) is 0 Å². The molecular weight excluding hydrogens is 1760 g/mol. The van der Waals surface area contributed by atoms with Crippen molar-refractivity contribution in [2.45, 2.75) is 354 Å². The van der Waals surface area contributed by atoms with E-state index in [1.54, 1.807) is 0 Å². The van der Waals surface area contributed by atoms with Crippen LogP contribution in [0.5, 0.6) is 0 Å². The fourth-order valence-corrected chi connectivity index (χ4v) is 17.5. The molecule has 31 N–H and O–H groups in total. The van der Waals surface area contributed by atoms with Gasteiger partial charge in [0.25, 0.3) is 6.47 Å². The van der Waals surface area contributed by atoms with E-state index in [0.29, 0.717) is 0 Å². The molecule has 0 aromatic carbocycles. The van der Waals surface area contributed by atoms with E-state index >= 15 is 0 Å². The van der Waals surface area contributed by atoms with Gasteiger partial charge in [-0.3, -0.25) is 24.0 Å². The summed E-state index contributed by atoms with van der Waals surface area (Å²) in [6, 6.07) is -6.92. The molecule has 22 unspecified atom stereocenters. The number of rotatable bonds is 36. The molecule has 55 nitrogen and oxygen atoms in total. The number of nitrogens with one attached hydrogen (secondary N) is 4. The molecule has 0 aromatic rings. The van der Waals surface area contributed by atoms with Gasteiger partial charge in [0.2, 0.25) is 23.6 Å². The minimum absolute atomic E-state index is 0.256. The van der Waals surface area contributed by atoms with Crippen molar-refractivity contribution in [3.05, 3.63) is 0 Å². The van der Waals surface area contributed by atoms with Crippen LogP contribution in [0.25, 0.3) is 0 Å². The van der Waals surface area contributed by atoms with Crippen molar-refractivity contribution < 1.29 is 252 Å². The molecular formula is C74H124N4O51. The third kappa shape index (κ3) is 23.7. The Labute approximate surface area is 733 Å². The first kappa shape index (κ1) is 107. The summed E-state index contributed by atoms with van der Waals surface area (Å²) >= 11 is 0. The lowest BCUT2D eigenvalue weighted by atomic mass is 9.79. The maximum absolute atomic E-state index is 13.3. The van der Waals surface area contributed by atoms with Gasteiger partial charge in [-0.15, -0.1) is 0 Å². The highest BCUT2D eigenvalue weighted by Crippen LogP contribution is 2.44. The Hall–Kier alpha value is -4.45. The van der Waals surface area contributed by atoms with Gasteiger partial charge in [-0.25, -0.2) is 0 Å². The molecule has 1 saturated carbocycles. The molecule has 746 valence electrons. The molecule has 55 heteroatoms. The van der Waals surface area contributed by atoms with Crippen LogP contribution in [0.1, 0.15) is 54.4 Å². The minimum atomic E-state index is -2.89. The third-order valence-electron chi connectivity index (χ3n) is 24.5. The highest BCUT2D eigenvalue weighted by Gasteiger charge is 2.63. The molecule has 0 spiro atoms. The van der Waals surface area contributed by atoms with Gasteiger partial charge in [-0.2, -0.15) is 0 Å². The van der Waals surface area contributed by atoms with Crippen molar-refractivity contribution in [1.29, 1.82) is 0 Å². The second-order valence-corrected chi connectivity index (χ2v) is 33.4. The van der Waals surface area contributed by atoms with E-state index in [-0.39, 0.29) is 6.47 Å². The number of amides is 4. The molecule has 4 amide bonds. The molecule has 129 heavy (non-hydrogen) atoms. The van der Waals surface area contributed by atoms with Crippen LogP contribution in [0.15, 0.2) is 0 Å². The van der Waals surface area contributed by atoms with Gasteiger partial charge in [-0.1, -0.05) is 6.92 Å². The fourth-order valence-electron chi connectivity index (χ4n) is 17.5. The minimum Gasteiger partial charge on any atom is -0.410 e. The number of carbonyl (C=O) groups excluding carboxylic acids is 5. The van der Waals surface area contributed by atoms with E-state index in [0.717, 1.165) is 27.7 Å². The number of aliphatic hydroxyl groups is 27. The summed E-state index contributed by atoms with van der Waals surface area (Å²) in [5.74, 6) is -8.82. The van der Waals surface area contributed by atoms with Crippen LogP contribution in [0, 0.1) is 11.8 Å². The lowest BCUT2D eigenvalue weighted by Crippen LogP contribution is -2.71. The summed E-state index contributed by atoms with van der Waals surface area (Å²) in [6.07, 6.45) is -91.7.